The van der Waals surface area contributed by atoms with E-state index in [1.165, 1.54) is 13.8 Å². The van der Waals surface area contributed by atoms with Crippen LogP contribution in [0.1, 0.15) is 33.6 Å². The fourth-order valence-corrected chi connectivity index (χ4v) is 1.40. The molecule has 0 aliphatic carbocycles. The Hall–Kier alpha value is -1.39. The Morgan fingerprint density at radius 3 is 1.84 bits per heavy atom. The largest absolute Gasteiger partial charge is 0.345 e. The number of ketones is 2. The van der Waals surface area contributed by atoms with Crippen molar-refractivity contribution >= 4 is 17.5 Å². The number of hydrogen-bond acceptors (Lipinski definition) is 9. The predicted octanol–water partition coefficient (Wildman–Crippen LogP) is 0.438. The summed E-state index contributed by atoms with van der Waals surface area (Å²) in [4.78, 5) is 45.1. The van der Waals surface area contributed by atoms with Crippen LogP contribution in [0.3, 0.4) is 0 Å². The van der Waals surface area contributed by atoms with Crippen LogP contribution in [0.25, 0.3) is 0 Å². The van der Waals surface area contributed by atoms with E-state index in [2.05, 4.69) is 14.7 Å². The Bertz CT molecular complexity index is 362. The maximum Gasteiger partial charge on any atom is 0.345 e. The highest BCUT2D eigenvalue weighted by Crippen LogP contribution is 2.35. The second-order valence-electron chi connectivity index (χ2n) is 4.48. The van der Waals surface area contributed by atoms with E-state index in [-0.39, 0.29) is 0 Å². The van der Waals surface area contributed by atoms with Crippen molar-refractivity contribution in [1.29, 1.82) is 0 Å². The molecule has 9 heteroatoms. The topological polar surface area (TPSA) is 140 Å². The van der Waals surface area contributed by atoms with Gasteiger partial charge in [0.05, 0.1) is 6.42 Å². The first-order valence-electron chi connectivity index (χ1n) is 5.19. The van der Waals surface area contributed by atoms with Crippen molar-refractivity contribution in [3.05, 3.63) is 0 Å². The van der Waals surface area contributed by atoms with Crippen LogP contribution in [-0.4, -0.2) is 44.5 Å². The lowest BCUT2D eigenvalue weighted by molar-refractivity contribution is -0.419. The molecule has 0 saturated heterocycles. The van der Waals surface area contributed by atoms with Crippen molar-refractivity contribution in [1.82, 2.24) is 0 Å². The standard InChI is InChI=1S/C10H16O9/c1-6(11)7(12)4-10(19-16,5-8(13)17-14)9(2,3)18-15/h14-16H,4-5H2,1-3H3. The van der Waals surface area contributed by atoms with E-state index in [0.29, 0.717) is 0 Å². The fraction of sp³-hybridized carbons (Fsp3) is 0.700. The summed E-state index contributed by atoms with van der Waals surface area (Å²) in [6.07, 6.45) is -1.60. The Morgan fingerprint density at radius 2 is 1.53 bits per heavy atom. The first-order valence-corrected chi connectivity index (χ1v) is 5.19. The second-order valence-corrected chi connectivity index (χ2v) is 4.48. The van der Waals surface area contributed by atoms with Gasteiger partial charge in [0.25, 0.3) is 0 Å². The van der Waals surface area contributed by atoms with E-state index in [1.807, 2.05) is 0 Å². The molecule has 0 aliphatic rings. The molecule has 0 saturated carbocycles. The maximum atomic E-state index is 11.5. The summed E-state index contributed by atoms with van der Waals surface area (Å²) in [7, 11) is 0. The number of Topliss-reactive ketones (excluding diaryl/α,β-unsaturated/α-hetero) is 2. The molecule has 0 aromatic heterocycles. The molecule has 0 aliphatic heterocycles. The Balaban J connectivity index is 5.47. The van der Waals surface area contributed by atoms with Gasteiger partial charge < -0.3 is 4.89 Å². The highest BCUT2D eigenvalue weighted by atomic mass is 17.1. The van der Waals surface area contributed by atoms with E-state index in [4.69, 9.17) is 15.8 Å². The molecule has 0 bridgehead atoms. The molecule has 19 heavy (non-hydrogen) atoms. The summed E-state index contributed by atoms with van der Waals surface area (Å²) in [6.45, 7) is 3.38. The summed E-state index contributed by atoms with van der Waals surface area (Å²) in [5, 5.41) is 26.0. The third-order valence-electron chi connectivity index (χ3n) is 2.87. The van der Waals surface area contributed by atoms with E-state index in [9.17, 15) is 14.4 Å². The Kier molecular flexibility index (Phi) is 6.19. The van der Waals surface area contributed by atoms with Crippen LogP contribution >= 0.6 is 0 Å². The molecule has 3 N–H and O–H groups in total. The van der Waals surface area contributed by atoms with Gasteiger partial charge in [-0.15, -0.1) is 0 Å². The third kappa shape index (κ3) is 4.04. The minimum Gasteiger partial charge on any atom is -0.301 e. The van der Waals surface area contributed by atoms with Crippen LogP contribution < -0.4 is 0 Å². The van der Waals surface area contributed by atoms with Gasteiger partial charge in [-0.2, -0.15) is 5.26 Å². The van der Waals surface area contributed by atoms with Crippen molar-refractivity contribution < 1.29 is 44.8 Å². The summed E-state index contributed by atoms with van der Waals surface area (Å²) in [6, 6.07) is 0. The lowest BCUT2D eigenvalue weighted by Crippen LogP contribution is -2.56. The van der Waals surface area contributed by atoms with Gasteiger partial charge in [0.2, 0.25) is 5.78 Å². The van der Waals surface area contributed by atoms with Gasteiger partial charge in [0.1, 0.15) is 5.60 Å². The second kappa shape index (κ2) is 6.68. The fourth-order valence-electron chi connectivity index (χ4n) is 1.40. The van der Waals surface area contributed by atoms with E-state index in [0.717, 1.165) is 6.92 Å². The minimum atomic E-state index is -2.11. The lowest BCUT2D eigenvalue weighted by Gasteiger charge is -2.39. The van der Waals surface area contributed by atoms with Crippen LogP contribution in [0.15, 0.2) is 0 Å². The number of hydrogen-bond donors (Lipinski definition) is 3. The first-order chi connectivity index (χ1) is 8.65. The van der Waals surface area contributed by atoms with E-state index in [1.54, 1.807) is 0 Å². The van der Waals surface area contributed by atoms with Crippen LogP contribution in [0.5, 0.6) is 0 Å². The van der Waals surface area contributed by atoms with Crippen LogP contribution in [-0.2, 0) is 29.0 Å². The van der Waals surface area contributed by atoms with Gasteiger partial charge in [-0.3, -0.25) is 20.1 Å². The summed E-state index contributed by atoms with van der Waals surface area (Å²) < 4.78 is 0. The van der Waals surface area contributed by atoms with E-state index < -0.39 is 41.6 Å². The van der Waals surface area contributed by atoms with Gasteiger partial charge in [-0.1, -0.05) is 0 Å². The van der Waals surface area contributed by atoms with E-state index >= 15 is 0 Å². The lowest BCUT2D eigenvalue weighted by atomic mass is 9.78. The zero-order chi connectivity index (χ0) is 15.3. The quantitative estimate of drug-likeness (QED) is 0.328. The molecule has 0 heterocycles. The van der Waals surface area contributed by atoms with Crippen molar-refractivity contribution in [2.75, 3.05) is 0 Å². The molecule has 0 spiro atoms. The van der Waals surface area contributed by atoms with Crippen molar-refractivity contribution in [2.45, 2.75) is 44.8 Å². The van der Waals surface area contributed by atoms with Gasteiger partial charge >= 0.3 is 5.97 Å². The molecule has 0 fully saturated rings. The van der Waals surface area contributed by atoms with Crippen LogP contribution in [0.4, 0.5) is 0 Å². The molecule has 0 amide bonds. The molecular weight excluding hydrogens is 264 g/mol. The number of carbonyl (C=O) groups is 3. The smallest absolute Gasteiger partial charge is 0.301 e. The SMILES string of the molecule is CC(=O)C(=O)CC(CC(=O)OO)(OO)C(C)(C)OO. The summed E-state index contributed by atoms with van der Waals surface area (Å²) >= 11 is 0. The Morgan fingerprint density at radius 1 is 1.00 bits per heavy atom. The molecule has 0 rings (SSSR count). The van der Waals surface area contributed by atoms with Crippen molar-refractivity contribution in [2.24, 2.45) is 0 Å². The third-order valence-corrected chi connectivity index (χ3v) is 2.87. The van der Waals surface area contributed by atoms with Gasteiger partial charge in [-0.05, 0) is 13.8 Å². The average molecular weight is 280 g/mol. The summed E-state index contributed by atoms with van der Waals surface area (Å²) in [5.74, 6) is -3.06. The van der Waals surface area contributed by atoms with Crippen LogP contribution in [0, 0.1) is 0 Å². The summed E-state index contributed by atoms with van der Waals surface area (Å²) in [5.41, 5.74) is -3.86. The molecular formula is C10H16O9. The highest BCUT2D eigenvalue weighted by molar-refractivity contribution is 6.36. The first kappa shape index (κ1) is 17.6. The monoisotopic (exact) mass is 280 g/mol. The van der Waals surface area contributed by atoms with Crippen molar-refractivity contribution in [3.8, 4) is 0 Å². The molecule has 110 valence electrons. The molecule has 9 nitrogen and oxygen atoms in total. The normalized spacial score (nSPS) is 14.6. The molecule has 0 aromatic rings. The van der Waals surface area contributed by atoms with Gasteiger partial charge in [-0.25, -0.2) is 14.6 Å². The highest BCUT2D eigenvalue weighted by Gasteiger charge is 2.53. The van der Waals surface area contributed by atoms with Crippen molar-refractivity contribution in [3.63, 3.8) is 0 Å². The number of carbonyl (C=O) groups excluding carboxylic acids is 3. The van der Waals surface area contributed by atoms with Gasteiger partial charge in [0.15, 0.2) is 11.4 Å². The molecule has 1 unspecified atom stereocenters. The maximum absolute atomic E-state index is 11.5. The van der Waals surface area contributed by atoms with Crippen LogP contribution in [0.2, 0.25) is 0 Å². The minimum absolute atomic E-state index is 0.762. The molecule has 0 aromatic carbocycles. The number of rotatable bonds is 8. The predicted molar refractivity (Wildman–Crippen MR) is 57.9 cm³/mol. The molecule has 0 radical (unpaired) electrons. The van der Waals surface area contributed by atoms with Gasteiger partial charge in [0, 0.05) is 13.3 Å². The zero-order valence-electron chi connectivity index (χ0n) is 10.7. The Labute approximate surface area is 108 Å². The zero-order valence-corrected chi connectivity index (χ0v) is 10.7. The molecule has 1 atom stereocenters. The average Bonchev–Trinajstić information content (AvgIpc) is 2.36.